The predicted molar refractivity (Wildman–Crippen MR) is 92.3 cm³/mol. The molecule has 0 unspecified atom stereocenters. The van der Waals surface area contributed by atoms with E-state index in [-0.39, 0.29) is 6.10 Å². The Hall–Kier alpha value is -1.22. The number of hydrogen-bond acceptors (Lipinski definition) is 3. The summed E-state index contributed by atoms with van der Waals surface area (Å²) in [5.74, 6) is 0.930. The maximum atomic E-state index is 5.69. The third-order valence-corrected chi connectivity index (χ3v) is 3.29. The van der Waals surface area contributed by atoms with Gasteiger partial charge in [0, 0.05) is 24.8 Å². The van der Waals surface area contributed by atoms with Gasteiger partial charge in [0.2, 0.25) is 0 Å². The summed E-state index contributed by atoms with van der Waals surface area (Å²) in [7, 11) is 0. The van der Waals surface area contributed by atoms with Gasteiger partial charge in [-0.3, -0.25) is 0 Å². The average Bonchev–Trinajstić information content (AvgIpc) is 2.45. The van der Waals surface area contributed by atoms with Gasteiger partial charge in [0.05, 0.1) is 6.10 Å². The second-order valence-corrected chi connectivity index (χ2v) is 5.79. The summed E-state index contributed by atoms with van der Waals surface area (Å²) in [6.07, 6.45) is 6.92. The zero-order chi connectivity index (χ0) is 15.3. The van der Waals surface area contributed by atoms with Crippen molar-refractivity contribution < 1.29 is 4.74 Å². The molecule has 3 nitrogen and oxygen atoms in total. The number of nitrogens with one attached hydrogen (secondary N) is 2. The summed E-state index contributed by atoms with van der Waals surface area (Å²) < 4.78 is 5.69. The Morgan fingerprint density at radius 1 is 1.00 bits per heavy atom. The molecule has 3 heteroatoms. The molecule has 0 aromatic heterocycles. The van der Waals surface area contributed by atoms with Crippen molar-refractivity contribution in [3.8, 4) is 5.75 Å². The molecule has 0 spiro atoms. The lowest BCUT2D eigenvalue weighted by Crippen LogP contribution is -2.23. The highest BCUT2D eigenvalue weighted by atomic mass is 16.5. The van der Waals surface area contributed by atoms with Crippen LogP contribution in [0.25, 0.3) is 0 Å². The predicted octanol–water partition coefficient (Wildman–Crippen LogP) is 4.45. The van der Waals surface area contributed by atoms with Crippen molar-refractivity contribution >= 4 is 5.69 Å². The molecule has 0 amide bonds. The van der Waals surface area contributed by atoms with E-state index < -0.39 is 0 Å². The van der Waals surface area contributed by atoms with Gasteiger partial charge in [-0.1, -0.05) is 38.7 Å². The molecule has 0 aliphatic heterocycles. The number of benzene rings is 1. The standard InChI is InChI=1S/C18H32N2O/c1-4-5-6-7-8-12-19-13-14-20-17-10-9-11-18(15-17)21-16(2)3/h9-11,15-16,19-20H,4-8,12-14H2,1-3H3. The molecule has 21 heavy (non-hydrogen) atoms. The van der Waals surface area contributed by atoms with Crippen LogP contribution in [0.3, 0.4) is 0 Å². The van der Waals surface area contributed by atoms with Crippen molar-refractivity contribution in [1.29, 1.82) is 0 Å². The second-order valence-electron chi connectivity index (χ2n) is 5.79. The molecule has 0 saturated carbocycles. The smallest absolute Gasteiger partial charge is 0.121 e. The monoisotopic (exact) mass is 292 g/mol. The SMILES string of the molecule is CCCCCCCNCCNc1cccc(OC(C)C)c1. The molecule has 2 N–H and O–H groups in total. The van der Waals surface area contributed by atoms with Crippen LogP contribution in [0.1, 0.15) is 52.9 Å². The Balaban J connectivity index is 2.07. The van der Waals surface area contributed by atoms with Crippen molar-refractivity contribution in [2.75, 3.05) is 25.0 Å². The molecule has 0 saturated heterocycles. The zero-order valence-electron chi connectivity index (χ0n) is 14.0. The van der Waals surface area contributed by atoms with Gasteiger partial charge in [-0.15, -0.1) is 0 Å². The molecule has 0 aliphatic carbocycles. The first kappa shape index (κ1) is 17.8. The van der Waals surface area contributed by atoms with Crippen LogP contribution < -0.4 is 15.4 Å². The van der Waals surface area contributed by atoms with Crippen LogP contribution in [0.4, 0.5) is 5.69 Å². The van der Waals surface area contributed by atoms with Gasteiger partial charge in [0.15, 0.2) is 0 Å². The Morgan fingerprint density at radius 3 is 2.57 bits per heavy atom. The minimum Gasteiger partial charge on any atom is -0.491 e. The third kappa shape index (κ3) is 9.35. The van der Waals surface area contributed by atoms with Gasteiger partial charge in [-0.25, -0.2) is 0 Å². The van der Waals surface area contributed by atoms with Crippen molar-refractivity contribution in [3.63, 3.8) is 0 Å². The van der Waals surface area contributed by atoms with E-state index in [1.807, 2.05) is 26.0 Å². The van der Waals surface area contributed by atoms with Crippen molar-refractivity contribution in [2.45, 2.75) is 59.0 Å². The zero-order valence-corrected chi connectivity index (χ0v) is 14.0. The van der Waals surface area contributed by atoms with Crippen LogP contribution in [0.2, 0.25) is 0 Å². The summed E-state index contributed by atoms with van der Waals surface area (Å²) in [6, 6.07) is 8.17. The molecule has 0 atom stereocenters. The molecule has 0 fully saturated rings. The summed E-state index contributed by atoms with van der Waals surface area (Å²) in [6.45, 7) is 9.42. The molecule has 0 radical (unpaired) electrons. The van der Waals surface area contributed by atoms with E-state index in [0.717, 1.165) is 31.1 Å². The topological polar surface area (TPSA) is 33.3 Å². The van der Waals surface area contributed by atoms with E-state index in [4.69, 9.17) is 4.74 Å². The van der Waals surface area contributed by atoms with Crippen LogP contribution in [0, 0.1) is 0 Å². The number of ether oxygens (including phenoxy) is 1. The molecular formula is C18H32N2O. The largest absolute Gasteiger partial charge is 0.491 e. The van der Waals surface area contributed by atoms with E-state index in [2.05, 4.69) is 29.7 Å². The van der Waals surface area contributed by atoms with Crippen molar-refractivity contribution in [3.05, 3.63) is 24.3 Å². The van der Waals surface area contributed by atoms with Crippen LogP contribution in [-0.2, 0) is 0 Å². The summed E-state index contributed by atoms with van der Waals surface area (Å²) in [4.78, 5) is 0. The quantitative estimate of drug-likeness (QED) is 0.559. The minimum absolute atomic E-state index is 0.217. The molecule has 0 bridgehead atoms. The number of unbranched alkanes of at least 4 members (excludes halogenated alkanes) is 4. The fraction of sp³-hybridized carbons (Fsp3) is 0.667. The Bertz CT molecular complexity index is 366. The molecule has 0 aliphatic rings. The van der Waals surface area contributed by atoms with Gasteiger partial charge in [0.25, 0.3) is 0 Å². The highest BCUT2D eigenvalue weighted by Crippen LogP contribution is 2.18. The first-order chi connectivity index (χ1) is 10.2. The lowest BCUT2D eigenvalue weighted by atomic mass is 10.1. The molecule has 120 valence electrons. The summed E-state index contributed by atoms with van der Waals surface area (Å²) in [5.41, 5.74) is 1.12. The number of anilines is 1. The highest BCUT2D eigenvalue weighted by molar-refractivity contribution is 5.48. The minimum atomic E-state index is 0.217. The van der Waals surface area contributed by atoms with E-state index in [0.29, 0.717) is 0 Å². The van der Waals surface area contributed by atoms with Crippen LogP contribution in [0.5, 0.6) is 5.75 Å². The van der Waals surface area contributed by atoms with E-state index >= 15 is 0 Å². The number of rotatable bonds is 12. The fourth-order valence-corrected chi connectivity index (χ4v) is 2.23. The molecule has 1 aromatic rings. The van der Waals surface area contributed by atoms with E-state index in [1.165, 1.54) is 32.1 Å². The van der Waals surface area contributed by atoms with E-state index in [9.17, 15) is 0 Å². The average molecular weight is 292 g/mol. The van der Waals surface area contributed by atoms with Gasteiger partial charge in [-0.05, 0) is 38.9 Å². The van der Waals surface area contributed by atoms with E-state index in [1.54, 1.807) is 0 Å². The first-order valence-electron chi connectivity index (χ1n) is 8.43. The highest BCUT2D eigenvalue weighted by Gasteiger charge is 1.99. The van der Waals surface area contributed by atoms with Gasteiger partial charge in [0.1, 0.15) is 5.75 Å². The third-order valence-electron chi connectivity index (χ3n) is 3.29. The Morgan fingerprint density at radius 2 is 1.81 bits per heavy atom. The van der Waals surface area contributed by atoms with Gasteiger partial charge >= 0.3 is 0 Å². The normalized spacial score (nSPS) is 10.9. The Labute approximate surface area is 130 Å². The van der Waals surface area contributed by atoms with Crippen LogP contribution in [0.15, 0.2) is 24.3 Å². The lowest BCUT2D eigenvalue weighted by molar-refractivity contribution is 0.242. The number of hydrogen-bond donors (Lipinski definition) is 2. The molecule has 1 aromatic carbocycles. The van der Waals surface area contributed by atoms with Crippen molar-refractivity contribution in [1.82, 2.24) is 5.32 Å². The first-order valence-corrected chi connectivity index (χ1v) is 8.43. The fourth-order valence-electron chi connectivity index (χ4n) is 2.23. The molecule has 1 rings (SSSR count). The van der Waals surface area contributed by atoms with Crippen molar-refractivity contribution in [2.24, 2.45) is 0 Å². The lowest BCUT2D eigenvalue weighted by Gasteiger charge is -2.12. The van der Waals surface area contributed by atoms with Crippen LogP contribution >= 0.6 is 0 Å². The summed E-state index contributed by atoms with van der Waals surface area (Å²) >= 11 is 0. The Kier molecular flexibility index (Phi) is 9.71. The van der Waals surface area contributed by atoms with Crippen LogP contribution in [-0.4, -0.2) is 25.7 Å². The second kappa shape index (κ2) is 11.4. The maximum absolute atomic E-state index is 5.69. The van der Waals surface area contributed by atoms with Gasteiger partial charge in [-0.2, -0.15) is 0 Å². The molecule has 0 heterocycles. The summed E-state index contributed by atoms with van der Waals surface area (Å²) in [5, 5.41) is 6.91. The maximum Gasteiger partial charge on any atom is 0.121 e. The molecular weight excluding hydrogens is 260 g/mol. The van der Waals surface area contributed by atoms with Gasteiger partial charge < -0.3 is 15.4 Å².